The number of amides is 2. The number of nitrogens with one attached hydrogen (secondary N) is 2. The van der Waals surface area contributed by atoms with Gasteiger partial charge in [0.05, 0.1) is 26.8 Å². The monoisotopic (exact) mass is 436 g/mol. The lowest BCUT2D eigenvalue weighted by Gasteiger charge is -2.10. The van der Waals surface area contributed by atoms with Gasteiger partial charge in [0.2, 0.25) is 12.7 Å². The van der Waals surface area contributed by atoms with E-state index in [9.17, 15) is 9.59 Å². The normalized spacial score (nSPS) is 15.8. The van der Waals surface area contributed by atoms with Crippen LogP contribution in [0.25, 0.3) is 11.1 Å². The van der Waals surface area contributed by atoms with Crippen molar-refractivity contribution in [3.05, 3.63) is 42.6 Å². The topological polar surface area (TPSA) is 113 Å². The fourth-order valence-electron chi connectivity index (χ4n) is 3.79. The van der Waals surface area contributed by atoms with Crippen LogP contribution in [0.1, 0.15) is 12.5 Å². The van der Waals surface area contributed by atoms with Gasteiger partial charge in [-0.3, -0.25) is 9.59 Å². The molecule has 0 spiro atoms. The molecule has 2 amide bonds. The number of fused-ring (bicyclic) bond motifs is 2. The molecule has 1 aromatic heterocycles. The van der Waals surface area contributed by atoms with Gasteiger partial charge >= 0.3 is 0 Å². The van der Waals surface area contributed by atoms with Crippen LogP contribution in [0.15, 0.2) is 42.6 Å². The van der Waals surface area contributed by atoms with E-state index >= 15 is 0 Å². The third-order valence-electron chi connectivity index (χ3n) is 5.36. The van der Waals surface area contributed by atoms with Gasteiger partial charge < -0.3 is 29.6 Å². The molecule has 10 heteroatoms. The average Bonchev–Trinajstić information content (AvgIpc) is 3.50. The van der Waals surface area contributed by atoms with E-state index in [1.54, 1.807) is 44.7 Å². The lowest BCUT2D eigenvalue weighted by molar-refractivity contribution is -0.123. The predicted molar refractivity (Wildman–Crippen MR) is 114 cm³/mol. The molecule has 2 aromatic carbocycles. The zero-order valence-electron chi connectivity index (χ0n) is 17.4. The second-order valence-electron chi connectivity index (χ2n) is 7.25. The van der Waals surface area contributed by atoms with E-state index in [4.69, 9.17) is 18.9 Å². The summed E-state index contributed by atoms with van der Waals surface area (Å²) in [6, 6.07) is 9.81. The Bertz CT molecular complexity index is 1220. The molecule has 10 nitrogen and oxygen atoms in total. The zero-order valence-corrected chi connectivity index (χ0v) is 17.4. The maximum Gasteiger partial charge on any atom is 0.251 e. The van der Waals surface area contributed by atoms with E-state index < -0.39 is 6.04 Å². The second kappa shape index (κ2) is 7.80. The van der Waals surface area contributed by atoms with E-state index in [0.717, 1.165) is 11.1 Å². The molecule has 1 unspecified atom stereocenters. The summed E-state index contributed by atoms with van der Waals surface area (Å²) in [5.41, 5.74) is 2.08. The summed E-state index contributed by atoms with van der Waals surface area (Å²) in [4.78, 5) is 25.2. The Kier molecular flexibility index (Phi) is 4.81. The van der Waals surface area contributed by atoms with E-state index in [1.165, 1.54) is 4.68 Å². The van der Waals surface area contributed by atoms with Gasteiger partial charge in [-0.25, -0.2) is 4.68 Å². The molecule has 3 heterocycles. The number of aromatic nitrogens is 2. The Morgan fingerprint density at radius 3 is 2.78 bits per heavy atom. The number of methoxy groups -OCH3 is 2. The van der Waals surface area contributed by atoms with Crippen molar-refractivity contribution < 1.29 is 28.5 Å². The molecule has 5 rings (SSSR count). The molecular weight excluding hydrogens is 416 g/mol. The van der Waals surface area contributed by atoms with Gasteiger partial charge in [0, 0.05) is 17.3 Å². The minimum absolute atomic E-state index is 0.0691. The Morgan fingerprint density at radius 2 is 1.97 bits per heavy atom. The van der Waals surface area contributed by atoms with Crippen LogP contribution >= 0.6 is 0 Å². The minimum Gasteiger partial charge on any atom is -0.493 e. The average molecular weight is 436 g/mol. The quantitative estimate of drug-likeness (QED) is 0.611. The van der Waals surface area contributed by atoms with Gasteiger partial charge in [-0.1, -0.05) is 6.07 Å². The number of benzene rings is 2. The largest absolute Gasteiger partial charge is 0.493 e. The predicted octanol–water partition coefficient (Wildman–Crippen LogP) is 2.82. The summed E-state index contributed by atoms with van der Waals surface area (Å²) in [5.74, 6) is 2.27. The van der Waals surface area contributed by atoms with Crippen LogP contribution in [-0.4, -0.2) is 42.6 Å². The SMILES string of the molecule is COc1ccc(-c2cnn3c2NC(=O)C3CC(=O)Nc2ccc3c(c2)OCO3)cc1OC. The summed E-state index contributed by atoms with van der Waals surface area (Å²) < 4.78 is 22.8. The maximum atomic E-state index is 12.6. The molecule has 0 radical (unpaired) electrons. The highest BCUT2D eigenvalue weighted by Crippen LogP contribution is 2.39. The number of hydrogen-bond donors (Lipinski definition) is 2. The molecule has 32 heavy (non-hydrogen) atoms. The Morgan fingerprint density at radius 1 is 1.16 bits per heavy atom. The smallest absolute Gasteiger partial charge is 0.251 e. The van der Waals surface area contributed by atoms with E-state index in [1.807, 2.05) is 12.1 Å². The van der Waals surface area contributed by atoms with Crippen molar-refractivity contribution in [3.63, 3.8) is 0 Å². The van der Waals surface area contributed by atoms with Gasteiger partial charge in [-0.05, 0) is 29.8 Å². The molecule has 2 aliphatic heterocycles. The molecule has 1 atom stereocenters. The molecule has 3 aromatic rings. The van der Waals surface area contributed by atoms with Gasteiger partial charge in [-0.15, -0.1) is 0 Å². The first-order valence-electron chi connectivity index (χ1n) is 9.87. The molecule has 0 saturated heterocycles. The van der Waals surface area contributed by atoms with Crippen LogP contribution in [0.5, 0.6) is 23.0 Å². The molecule has 0 saturated carbocycles. The fraction of sp³-hybridized carbons (Fsp3) is 0.227. The van der Waals surface area contributed by atoms with Crippen molar-refractivity contribution in [2.24, 2.45) is 0 Å². The van der Waals surface area contributed by atoms with E-state index in [0.29, 0.717) is 34.5 Å². The van der Waals surface area contributed by atoms with Gasteiger partial charge in [0.25, 0.3) is 5.91 Å². The Balaban J connectivity index is 1.34. The number of carbonyl (C=O) groups excluding carboxylic acids is 2. The number of rotatable bonds is 6. The molecule has 0 fully saturated rings. The second-order valence-corrected chi connectivity index (χ2v) is 7.25. The molecule has 164 valence electrons. The molecule has 0 aliphatic carbocycles. The van der Waals surface area contributed by atoms with E-state index in [2.05, 4.69) is 15.7 Å². The molecule has 2 N–H and O–H groups in total. The lowest BCUT2D eigenvalue weighted by Crippen LogP contribution is -2.23. The highest BCUT2D eigenvalue weighted by atomic mass is 16.7. The number of ether oxygens (including phenoxy) is 4. The van der Waals surface area contributed by atoms with Crippen molar-refractivity contribution in [1.29, 1.82) is 0 Å². The summed E-state index contributed by atoms with van der Waals surface area (Å²) in [6.07, 6.45) is 1.58. The van der Waals surface area contributed by atoms with Crippen molar-refractivity contribution in [2.45, 2.75) is 12.5 Å². The first kappa shape index (κ1) is 19.7. The molecular formula is C22H20N4O6. The van der Waals surface area contributed by atoms with Crippen LogP contribution in [0, 0.1) is 0 Å². The van der Waals surface area contributed by atoms with Crippen LogP contribution in [0.3, 0.4) is 0 Å². The third kappa shape index (κ3) is 3.35. The molecule has 0 bridgehead atoms. The van der Waals surface area contributed by atoms with Crippen LogP contribution in [0.2, 0.25) is 0 Å². The van der Waals surface area contributed by atoms with Crippen LogP contribution < -0.4 is 29.6 Å². The van der Waals surface area contributed by atoms with Crippen molar-refractivity contribution >= 4 is 23.3 Å². The summed E-state index contributed by atoms with van der Waals surface area (Å²) >= 11 is 0. The van der Waals surface area contributed by atoms with Crippen molar-refractivity contribution in [1.82, 2.24) is 9.78 Å². The zero-order chi connectivity index (χ0) is 22.2. The van der Waals surface area contributed by atoms with Crippen LogP contribution in [0.4, 0.5) is 11.5 Å². The van der Waals surface area contributed by atoms with Gasteiger partial charge in [-0.2, -0.15) is 5.10 Å². The highest BCUT2D eigenvalue weighted by molar-refractivity contribution is 6.04. The van der Waals surface area contributed by atoms with Gasteiger partial charge in [0.15, 0.2) is 23.0 Å². The summed E-state index contributed by atoms with van der Waals surface area (Å²) in [5, 5.41) is 9.98. The van der Waals surface area contributed by atoms with Gasteiger partial charge in [0.1, 0.15) is 11.9 Å². The minimum atomic E-state index is -0.757. The van der Waals surface area contributed by atoms with E-state index in [-0.39, 0.29) is 25.0 Å². The standard InChI is InChI=1S/C22H20N4O6/c1-29-16-5-3-12(7-18(16)30-2)14-10-23-26-15(22(28)25-21(14)26)9-20(27)24-13-4-6-17-19(8-13)32-11-31-17/h3-8,10,15H,9,11H2,1-2H3,(H,24,27)(H,25,28). The first-order chi connectivity index (χ1) is 15.6. The van der Waals surface area contributed by atoms with Crippen LogP contribution in [-0.2, 0) is 9.59 Å². The summed E-state index contributed by atoms with van der Waals surface area (Å²) in [7, 11) is 3.12. The first-order valence-corrected chi connectivity index (χ1v) is 9.87. The molecule has 2 aliphatic rings. The number of nitrogens with zero attached hydrogens (tertiary/aromatic N) is 2. The highest BCUT2D eigenvalue weighted by Gasteiger charge is 2.35. The maximum absolute atomic E-state index is 12.6. The van der Waals surface area contributed by atoms with Crippen molar-refractivity contribution in [3.8, 4) is 34.1 Å². The summed E-state index contributed by atoms with van der Waals surface area (Å²) in [6.45, 7) is 0.152. The number of hydrogen-bond acceptors (Lipinski definition) is 7. The fourth-order valence-corrected chi connectivity index (χ4v) is 3.79. The third-order valence-corrected chi connectivity index (χ3v) is 5.36. The lowest BCUT2D eigenvalue weighted by atomic mass is 10.1. The Hall–Kier alpha value is -4.21. The number of carbonyl (C=O) groups is 2. The Labute approximate surface area is 183 Å². The number of anilines is 2. The van der Waals surface area contributed by atoms with Crippen molar-refractivity contribution in [2.75, 3.05) is 31.6 Å².